The number of anilines is 1. The van der Waals surface area contributed by atoms with Crippen LogP contribution >= 0.6 is 0 Å². The van der Waals surface area contributed by atoms with Gasteiger partial charge in [-0.25, -0.2) is 0 Å². The van der Waals surface area contributed by atoms with E-state index in [1.54, 1.807) is 6.21 Å². The number of fused-ring (bicyclic) bond motifs is 1. The van der Waals surface area contributed by atoms with E-state index in [0.717, 1.165) is 58.5 Å². The van der Waals surface area contributed by atoms with Crippen molar-refractivity contribution in [1.82, 2.24) is 9.88 Å². The van der Waals surface area contributed by atoms with Crippen LogP contribution in [0.4, 0.5) is 11.4 Å². The second-order valence-corrected chi connectivity index (χ2v) is 7.23. The van der Waals surface area contributed by atoms with E-state index in [2.05, 4.69) is 53.3 Å². The first kappa shape index (κ1) is 19.0. The molecule has 3 aromatic rings. The third kappa shape index (κ3) is 4.49. The first-order chi connectivity index (χ1) is 13.0. The van der Waals surface area contributed by atoms with Crippen LogP contribution in [0.3, 0.4) is 0 Å². The van der Waals surface area contributed by atoms with E-state index in [0.29, 0.717) is 0 Å². The highest BCUT2D eigenvalue weighted by Gasteiger charge is 2.10. The fraction of sp³-hybridized carbons (Fsp3) is 0.318. The van der Waals surface area contributed by atoms with Crippen LogP contribution in [0.1, 0.15) is 23.1 Å². The summed E-state index contributed by atoms with van der Waals surface area (Å²) in [7, 11) is 4.18. The summed E-state index contributed by atoms with van der Waals surface area (Å²) in [5, 5.41) is 14.7. The molecule has 5 nitrogen and oxygen atoms in total. The number of aromatic nitrogens is 1. The summed E-state index contributed by atoms with van der Waals surface area (Å²) in [6.45, 7) is 6.14. The Kier molecular flexibility index (Phi) is 5.81. The molecule has 142 valence electrons. The monoisotopic (exact) mass is 364 g/mol. The van der Waals surface area contributed by atoms with Crippen LogP contribution in [0.5, 0.6) is 5.88 Å². The van der Waals surface area contributed by atoms with Crippen molar-refractivity contribution in [2.24, 2.45) is 4.99 Å². The number of rotatable bonds is 7. The van der Waals surface area contributed by atoms with Crippen molar-refractivity contribution < 1.29 is 5.11 Å². The highest BCUT2D eigenvalue weighted by atomic mass is 16.3. The van der Waals surface area contributed by atoms with Crippen molar-refractivity contribution in [3.05, 3.63) is 53.1 Å². The lowest BCUT2D eigenvalue weighted by atomic mass is 10.1. The van der Waals surface area contributed by atoms with Crippen LogP contribution in [0.15, 0.2) is 41.4 Å². The van der Waals surface area contributed by atoms with E-state index in [1.807, 2.05) is 31.2 Å². The summed E-state index contributed by atoms with van der Waals surface area (Å²) >= 11 is 0. The summed E-state index contributed by atoms with van der Waals surface area (Å²) in [5.74, 6) is 0.152. The predicted molar refractivity (Wildman–Crippen MR) is 115 cm³/mol. The molecule has 0 aliphatic heterocycles. The molecule has 5 heteroatoms. The third-order valence-corrected chi connectivity index (χ3v) is 4.70. The molecule has 0 saturated carbocycles. The van der Waals surface area contributed by atoms with Gasteiger partial charge in [0.25, 0.3) is 0 Å². The van der Waals surface area contributed by atoms with Crippen LogP contribution in [-0.2, 0) is 0 Å². The lowest BCUT2D eigenvalue weighted by Crippen LogP contribution is -2.16. The maximum Gasteiger partial charge on any atom is 0.198 e. The molecule has 0 amide bonds. The van der Waals surface area contributed by atoms with Gasteiger partial charge in [0.15, 0.2) is 5.88 Å². The van der Waals surface area contributed by atoms with E-state index in [4.69, 9.17) is 0 Å². The fourth-order valence-electron chi connectivity index (χ4n) is 3.25. The first-order valence-electron chi connectivity index (χ1n) is 9.29. The van der Waals surface area contributed by atoms with Gasteiger partial charge in [-0.3, -0.25) is 4.99 Å². The fourth-order valence-corrected chi connectivity index (χ4v) is 3.25. The van der Waals surface area contributed by atoms with Crippen molar-refractivity contribution in [3.63, 3.8) is 0 Å². The van der Waals surface area contributed by atoms with Crippen molar-refractivity contribution in [3.8, 4) is 5.88 Å². The van der Waals surface area contributed by atoms with Gasteiger partial charge >= 0.3 is 0 Å². The molecule has 3 rings (SSSR count). The van der Waals surface area contributed by atoms with Crippen LogP contribution in [0.2, 0.25) is 0 Å². The van der Waals surface area contributed by atoms with Crippen LogP contribution in [0, 0.1) is 13.8 Å². The maximum atomic E-state index is 10.2. The summed E-state index contributed by atoms with van der Waals surface area (Å²) in [5.41, 5.74) is 5.92. The molecule has 27 heavy (non-hydrogen) atoms. The second-order valence-electron chi connectivity index (χ2n) is 7.23. The minimum absolute atomic E-state index is 0.152. The van der Waals surface area contributed by atoms with E-state index in [1.165, 1.54) is 0 Å². The summed E-state index contributed by atoms with van der Waals surface area (Å²) in [6, 6.07) is 12.1. The zero-order valence-corrected chi connectivity index (χ0v) is 16.5. The SMILES string of the molecule is Cc1cc(N=Cc2c(O)[nH]c3cccc(C)c23)ccc1NCCCN(C)C. The average molecular weight is 364 g/mol. The Bertz CT molecular complexity index is 956. The molecule has 1 heterocycles. The molecule has 0 spiro atoms. The van der Waals surface area contributed by atoms with Crippen molar-refractivity contribution in [2.75, 3.05) is 32.5 Å². The molecule has 0 aliphatic rings. The highest BCUT2D eigenvalue weighted by Crippen LogP contribution is 2.29. The molecule has 1 aromatic heterocycles. The molecule has 3 N–H and O–H groups in total. The smallest absolute Gasteiger partial charge is 0.198 e. The van der Waals surface area contributed by atoms with Crippen LogP contribution < -0.4 is 5.32 Å². The number of aromatic amines is 1. The lowest BCUT2D eigenvalue weighted by molar-refractivity contribution is 0.405. The molecular weight excluding hydrogens is 336 g/mol. The molecule has 2 aromatic carbocycles. The van der Waals surface area contributed by atoms with E-state index < -0.39 is 0 Å². The molecule has 0 atom stereocenters. The van der Waals surface area contributed by atoms with E-state index in [-0.39, 0.29) is 5.88 Å². The number of aromatic hydroxyl groups is 1. The molecule has 0 fully saturated rings. The minimum atomic E-state index is 0.152. The van der Waals surface area contributed by atoms with Gasteiger partial charge in [-0.2, -0.15) is 0 Å². The third-order valence-electron chi connectivity index (χ3n) is 4.70. The Balaban J connectivity index is 1.75. The number of nitrogens with one attached hydrogen (secondary N) is 2. The Hall–Kier alpha value is -2.79. The largest absolute Gasteiger partial charge is 0.494 e. The predicted octanol–water partition coefficient (Wildman–Crippen LogP) is 4.60. The normalized spacial score (nSPS) is 11.7. The number of hydrogen-bond acceptors (Lipinski definition) is 4. The number of H-pyrrole nitrogens is 1. The number of benzene rings is 2. The minimum Gasteiger partial charge on any atom is -0.494 e. The highest BCUT2D eigenvalue weighted by molar-refractivity contribution is 6.04. The number of hydrogen-bond donors (Lipinski definition) is 3. The zero-order chi connectivity index (χ0) is 19.4. The summed E-state index contributed by atoms with van der Waals surface area (Å²) in [4.78, 5) is 9.78. The van der Waals surface area contributed by atoms with Gasteiger partial charge in [-0.05, 0) is 76.3 Å². The van der Waals surface area contributed by atoms with Crippen molar-refractivity contribution >= 4 is 28.5 Å². The lowest BCUT2D eigenvalue weighted by Gasteiger charge is -2.12. The second kappa shape index (κ2) is 8.27. The molecule has 0 aliphatic carbocycles. The first-order valence-corrected chi connectivity index (χ1v) is 9.29. The molecular formula is C22H28N4O. The summed E-state index contributed by atoms with van der Waals surface area (Å²) in [6.07, 6.45) is 2.84. The Labute approximate surface area is 160 Å². The van der Waals surface area contributed by atoms with Gasteiger partial charge < -0.3 is 20.3 Å². The Morgan fingerprint density at radius 2 is 1.96 bits per heavy atom. The standard InChI is InChI=1S/C22H28N4O/c1-15-7-5-8-20-21(15)18(22(27)25-20)14-24-17-9-10-19(16(2)13-17)23-11-6-12-26(3)4/h5,7-10,13-14,23,25,27H,6,11-12H2,1-4H3. The molecule has 0 radical (unpaired) electrons. The number of nitrogens with zero attached hydrogens (tertiary/aromatic N) is 2. The van der Waals surface area contributed by atoms with E-state index in [9.17, 15) is 5.11 Å². The van der Waals surface area contributed by atoms with Crippen LogP contribution in [0.25, 0.3) is 10.9 Å². The van der Waals surface area contributed by atoms with Gasteiger partial charge in [0.05, 0.1) is 11.3 Å². The Morgan fingerprint density at radius 1 is 1.15 bits per heavy atom. The van der Waals surface area contributed by atoms with Gasteiger partial charge in [-0.15, -0.1) is 0 Å². The zero-order valence-electron chi connectivity index (χ0n) is 16.5. The van der Waals surface area contributed by atoms with Crippen molar-refractivity contribution in [2.45, 2.75) is 20.3 Å². The van der Waals surface area contributed by atoms with Crippen molar-refractivity contribution in [1.29, 1.82) is 0 Å². The van der Waals surface area contributed by atoms with Gasteiger partial charge in [0, 0.05) is 29.3 Å². The van der Waals surface area contributed by atoms with Crippen LogP contribution in [-0.4, -0.2) is 48.4 Å². The molecule has 0 saturated heterocycles. The molecule has 0 unspecified atom stereocenters. The maximum absolute atomic E-state index is 10.2. The average Bonchev–Trinajstić information content (AvgIpc) is 2.94. The summed E-state index contributed by atoms with van der Waals surface area (Å²) < 4.78 is 0. The van der Waals surface area contributed by atoms with E-state index >= 15 is 0 Å². The Morgan fingerprint density at radius 3 is 2.70 bits per heavy atom. The van der Waals surface area contributed by atoms with Gasteiger partial charge in [0.2, 0.25) is 0 Å². The molecule has 0 bridgehead atoms. The number of aryl methyl sites for hydroxylation is 2. The topological polar surface area (TPSA) is 63.7 Å². The van der Waals surface area contributed by atoms with Gasteiger partial charge in [-0.1, -0.05) is 12.1 Å². The van der Waals surface area contributed by atoms with Gasteiger partial charge in [0.1, 0.15) is 0 Å². The number of aliphatic imine (C=N–C) groups is 1. The quantitative estimate of drug-likeness (QED) is 0.424.